The molecule has 2 rings (SSSR count). The van der Waals surface area contributed by atoms with Crippen LogP contribution < -0.4 is 9.64 Å². The SMILES string of the molecule is CCOC(=O)Cc1ccc(Oc2ccc(Cl)cc2)c(N(CC)CC)c1. The van der Waals surface area contributed by atoms with Gasteiger partial charge in [-0.25, -0.2) is 0 Å². The van der Waals surface area contributed by atoms with Crippen molar-refractivity contribution < 1.29 is 14.3 Å². The average Bonchev–Trinajstić information content (AvgIpc) is 2.60. The molecule has 0 saturated heterocycles. The Balaban J connectivity index is 2.30. The van der Waals surface area contributed by atoms with Crippen molar-refractivity contribution >= 4 is 23.3 Å². The van der Waals surface area contributed by atoms with Crippen LogP contribution in [0.5, 0.6) is 11.5 Å². The molecule has 2 aromatic carbocycles. The molecule has 0 spiro atoms. The zero-order valence-corrected chi connectivity index (χ0v) is 15.7. The Morgan fingerprint density at radius 2 is 1.72 bits per heavy atom. The fraction of sp³-hybridized carbons (Fsp3) is 0.350. The first-order chi connectivity index (χ1) is 12.1. The van der Waals surface area contributed by atoms with Crippen molar-refractivity contribution in [3.05, 3.63) is 53.1 Å². The van der Waals surface area contributed by atoms with Gasteiger partial charge in [0.05, 0.1) is 18.7 Å². The lowest BCUT2D eigenvalue weighted by Crippen LogP contribution is -2.22. The van der Waals surface area contributed by atoms with E-state index in [1.165, 1.54) is 0 Å². The Bertz CT molecular complexity index is 697. The summed E-state index contributed by atoms with van der Waals surface area (Å²) in [5.74, 6) is 1.24. The number of hydrogen-bond donors (Lipinski definition) is 0. The summed E-state index contributed by atoms with van der Waals surface area (Å²) in [4.78, 5) is 14.0. The molecule has 25 heavy (non-hydrogen) atoms. The molecule has 0 saturated carbocycles. The smallest absolute Gasteiger partial charge is 0.310 e. The summed E-state index contributed by atoms with van der Waals surface area (Å²) < 4.78 is 11.1. The summed E-state index contributed by atoms with van der Waals surface area (Å²) in [6.07, 6.45) is 0.253. The summed E-state index contributed by atoms with van der Waals surface area (Å²) in [5.41, 5.74) is 1.87. The third kappa shape index (κ3) is 5.40. The van der Waals surface area contributed by atoms with Crippen molar-refractivity contribution in [3.63, 3.8) is 0 Å². The predicted octanol–water partition coefficient (Wildman–Crippen LogP) is 5.08. The average molecular weight is 362 g/mol. The van der Waals surface area contributed by atoms with Crippen LogP contribution in [0.15, 0.2) is 42.5 Å². The van der Waals surface area contributed by atoms with Crippen LogP contribution in [0.4, 0.5) is 5.69 Å². The van der Waals surface area contributed by atoms with Crippen molar-refractivity contribution in [1.82, 2.24) is 0 Å². The first kappa shape index (κ1) is 19.1. The van der Waals surface area contributed by atoms with Crippen molar-refractivity contribution in [2.45, 2.75) is 27.2 Å². The van der Waals surface area contributed by atoms with Gasteiger partial charge in [0.2, 0.25) is 0 Å². The Kier molecular flexibility index (Phi) is 7.14. The van der Waals surface area contributed by atoms with Gasteiger partial charge in [-0.3, -0.25) is 4.79 Å². The van der Waals surface area contributed by atoms with E-state index in [2.05, 4.69) is 18.7 Å². The molecule has 0 radical (unpaired) electrons. The molecule has 0 aliphatic heterocycles. The number of rotatable bonds is 8. The van der Waals surface area contributed by atoms with Gasteiger partial charge in [0.15, 0.2) is 5.75 Å². The highest BCUT2D eigenvalue weighted by Gasteiger charge is 2.14. The Morgan fingerprint density at radius 1 is 1.04 bits per heavy atom. The minimum Gasteiger partial charge on any atom is -0.466 e. The summed E-state index contributed by atoms with van der Waals surface area (Å²) in [5, 5.41) is 0.668. The first-order valence-corrected chi connectivity index (χ1v) is 8.92. The van der Waals surface area contributed by atoms with E-state index in [4.69, 9.17) is 21.1 Å². The molecule has 0 N–H and O–H groups in total. The monoisotopic (exact) mass is 361 g/mol. The highest BCUT2D eigenvalue weighted by atomic mass is 35.5. The zero-order valence-electron chi connectivity index (χ0n) is 14.9. The van der Waals surface area contributed by atoms with Gasteiger partial charge in [0.25, 0.3) is 0 Å². The van der Waals surface area contributed by atoms with Gasteiger partial charge in [0.1, 0.15) is 5.75 Å². The van der Waals surface area contributed by atoms with Crippen molar-refractivity contribution in [3.8, 4) is 11.5 Å². The number of anilines is 1. The van der Waals surface area contributed by atoms with Crippen LogP contribution >= 0.6 is 11.6 Å². The number of benzene rings is 2. The van der Waals surface area contributed by atoms with E-state index in [0.29, 0.717) is 11.6 Å². The van der Waals surface area contributed by atoms with E-state index in [-0.39, 0.29) is 12.4 Å². The lowest BCUT2D eigenvalue weighted by Gasteiger charge is -2.24. The topological polar surface area (TPSA) is 38.8 Å². The molecule has 0 unspecified atom stereocenters. The molecule has 4 nitrogen and oxygen atoms in total. The maximum Gasteiger partial charge on any atom is 0.310 e. The second-order valence-corrected chi connectivity index (χ2v) is 5.95. The van der Waals surface area contributed by atoms with Crippen molar-refractivity contribution in [2.75, 3.05) is 24.6 Å². The maximum absolute atomic E-state index is 11.8. The number of carbonyl (C=O) groups is 1. The molecule has 134 valence electrons. The molecular weight excluding hydrogens is 338 g/mol. The molecule has 0 amide bonds. The quantitative estimate of drug-likeness (QED) is 0.614. The second kappa shape index (κ2) is 9.33. The van der Waals surface area contributed by atoms with Gasteiger partial charge in [-0.05, 0) is 62.7 Å². The van der Waals surface area contributed by atoms with E-state index in [1.54, 1.807) is 12.1 Å². The Hall–Kier alpha value is -2.20. The van der Waals surface area contributed by atoms with Gasteiger partial charge in [-0.2, -0.15) is 0 Å². The van der Waals surface area contributed by atoms with Crippen molar-refractivity contribution in [1.29, 1.82) is 0 Å². The number of nitrogens with zero attached hydrogens (tertiary/aromatic N) is 1. The zero-order chi connectivity index (χ0) is 18.2. The maximum atomic E-state index is 11.8. The number of ether oxygens (including phenoxy) is 2. The molecule has 0 aromatic heterocycles. The van der Waals surface area contributed by atoms with Gasteiger partial charge in [-0.15, -0.1) is 0 Å². The largest absolute Gasteiger partial charge is 0.466 e. The van der Waals surface area contributed by atoms with Crippen LogP contribution in [0.25, 0.3) is 0 Å². The van der Waals surface area contributed by atoms with Gasteiger partial charge >= 0.3 is 5.97 Å². The fourth-order valence-corrected chi connectivity index (χ4v) is 2.70. The highest BCUT2D eigenvalue weighted by Crippen LogP contribution is 2.34. The third-order valence-corrected chi connectivity index (χ3v) is 4.07. The minimum atomic E-state index is -0.223. The van der Waals surface area contributed by atoms with E-state index in [1.807, 2.05) is 37.3 Å². The number of halogens is 1. The lowest BCUT2D eigenvalue weighted by molar-refractivity contribution is -0.142. The van der Waals surface area contributed by atoms with Crippen LogP contribution in [-0.4, -0.2) is 25.7 Å². The molecule has 2 aromatic rings. The lowest BCUT2D eigenvalue weighted by atomic mass is 10.1. The predicted molar refractivity (Wildman–Crippen MR) is 102 cm³/mol. The number of carbonyl (C=O) groups excluding carboxylic acids is 1. The standard InChI is InChI=1S/C20H24ClNO3/c1-4-22(5-2)18-13-15(14-20(23)24-6-3)7-12-19(18)25-17-10-8-16(21)9-11-17/h7-13H,4-6,14H2,1-3H3. The van der Waals surface area contributed by atoms with E-state index in [9.17, 15) is 4.79 Å². The summed E-state index contributed by atoms with van der Waals surface area (Å²) in [6, 6.07) is 13.1. The van der Waals surface area contributed by atoms with E-state index in [0.717, 1.165) is 35.8 Å². The molecule has 0 aliphatic carbocycles. The Labute approximate surface area is 154 Å². The van der Waals surface area contributed by atoms with E-state index >= 15 is 0 Å². The number of hydrogen-bond acceptors (Lipinski definition) is 4. The van der Waals surface area contributed by atoms with Crippen LogP contribution in [0, 0.1) is 0 Å². The van der Waals surface area contributed by atoms with E-state index < -0.39 is 0 Å². The van der Waals surface area contributed by atoms with Crippen LogP contribution in [0.2, 0.25) is 5.02 Å². The summed E-state index contributed by atoms with van der Waals surface area (Å²) >= 11 is 5.93. The fourth-order valence-electron chi connectivity index (χ4n) is 2.58. The van der Waals surface area contributed by atoms with Crippen LogP contribution in [0.1, 0.15) is 26.3 Å². The number of esters is 1. The molecule has 5 heteroatoms. The second-order valence-electron chi connectivity index (χ2n) is 5.51. The van der Waals surface area contributed by atoms with Crippen LogP contribution in [-0.2, 0) is 16.0 Å². The first-order valence-electron chi connectivity index (χ1n) is 8.54. The minimum absolute atomic E-state index is 0.223. The molecule has 0 fully saturated rings. The summed E-state index contributed by atoms with van der Waals surface area (Å²) in [7, 11) is 0. The third-order valence-electron chi connectivity index (χ3n) is 3.82. The van der Waals surface area contributed by atoms with Gasteiger partial charge in [0, 0.05) is 18.1 Å². The normalized spacial score (nSPS) is 10.4. The molecule has 0 bridgehead atoms. The van der Waals surface area contributed by atoms with Gasteiger partial charge < -0.3 is 14.4 Å². The molecular formula is C20H24ClNO3. The molecule has 0 heterocycles. The molecule has 0 atom stereocenters. The highest BCUT2D eigenvalue weighted by molar-refractivity contribution is 6.30. The van der Waals surface area contributed by atoms with Gasteiger partial charge in [-0.1, -0.05) is 17.7 Å². The summed E-state index contributed by atoms with van der Waals surface area (Å²) in [6.45, 7) is 8.07. The molecule has 0 aliphatic rings. The van der Waals surface area contributed by atoms with Crippen molar-refractivity contribution in [2.24, 2.45) is 0 Å². The van der Waals surface area contributed by atoms with Crippen LogP contribution in [0.3, 0.4) is 0 Å². The Morgan fingerprint density at radius 3 is 2.32 bits per heavy atom.